The van der Waals surface area contributed by atoms with Gasteiger partial charge in [-0.3, -0.25) is 4.57 Å². The van der Waals surface area contributed by atoms with Gasteiger partial charge in [0.25, 0.3) is 0 Å². The number of hydrogen-bond donors (Lipinski definition) is 1. The first-order chi connectivity index (χ1) is 22.8. The lowest BCUT2D eigenvalue weighted by atomic mass is 9.96. The van der Waals surface area contributed by atoms with Crippen LogP contribution in [0.5, 0.6) is 0 Å². The van der Waals surface area contributed by atoms with E-state index in [9.17, 15) is 0 Å². The monoisotopic (exact) mass is 591 g/mol. The second-order valence-electron chi connectivity index (χ2n) is 11.5. The lowest BCUT2D eigenvalue weighted by molar-refractivity contribution is 0.897. The number of hydrogen-bond acceptors (Lipinski definition) is 4. The number of benzene rings is 5. The molecule has 0 spiro atoms. The molecular weight excluding hydrogens is 562 g/mol. The standard InChI is InChI=1S/C41H29N5/c1-4-14-28(15-5-1)34-26-38(44-41(43-34)29-16-6-2-7-17-29)46-35-22-12-10-20-31(35)39-32-24-25-42-27-37(32)45(30-18-8-3-9-19-30)36-23-13-11-21-33(36)40(39)46/h1-26,42H,27H2. The maximum Gasteiger partial charge on any atom is 0.162 e. The summed E-state index contributed by atoms with van der Waals surface area (Å²) in [6, 6.07) is 50.8. The first-order valence-electron chi connectivity index (χ1n) is 15.6. The molecule has 0 unspecified atom stereocenters. The number of allylic oxidation sites excluding steroid dienone is 2. The van der Waals surface area contributed by atoms with E-state index >= 15 is 0 Å². The Morgan fingerprint density at radius 3 is 2.11 bits per heavy atom. The summed E-state index contributed by atoms with van der Waals surface area (Å²) in [5, 5.41) is 4.69. The summed E-state index contributed by atoms with van der Waals surface area (Å²) in [5.41, 5.74) is 12.1. The van der Waals surface area contributed by atoms with Crippen molar-refractivity contribution in [3.05, 3.63) is 169 Å². The summed E-state index contributed by atoms with van der Waals surface area (Å²) in [5.74, 6) is 1.52. The van der Waals surface area contributed by atoms with E-state index in [1.807, 2.05) is 24.3 Å². The van der Waals surface area contributed by atoms with Crippen molar-refractivity contribution in [2.75, 3.05) is 11.4 Å². The Balaban J connectivity index is 1.41. The van der Waals surface area contributed by atoms with E-state index < -0.39 is 0 Å². The highest BCUT2D eigenvalue weighted by Gasteiger charge is 2.33. The minimum Gasteiger partial charge on any atom is -0.385 e. The lowest BCUT2D eigenvalue weighted by Crippen LogP contribution is -2.27. The summed E-state index contributed by atoms with van der Waals surface area (Å²) >= 11 is 0. The van der Waals surface area contributed by atoms with Crippen LogP contribution in [0, 0.1) is 0 Å². The zero-order valence-electron chi connectivity index (χ0n) is 25.0. The molecule has 2 aromatic heterocycles. The number of rotatable bonds is 4. The second-order valence-corrected chi connectivity index (χ2v) is 11.5. The maximum absolute atomic E-state index is 5.31. The van der Waals surface area contributed by atoms with Crippen LogP contribution in [0.4, 0.5) is 11.4 Å². The first kappa shape index (κ1) is 26.2. The predicted molar refractivity (Wildman–Crippen MR) is 188 cm³/mol. The van der Waals surface area contributed by atoms with Crippen molar-refractivity contribution < 1.29 is 0 Å². The molecule has 0 fully saturated rings. The zero-order chi connectivity index (χ0) is 30.5. The van der Waals surface area contributed by atoms with Crippen LogP contribution in [0.1, 0.15) is 5.56 Å². The SMILES string of the molecule is C1=CC2=C(CN1)N(c1ccccc1)c1ccccc1-c1c2c2ccccc2n1-c1cc(-c2ccccc2)nc(-c2ccccc2)n1. The van der Waals surface area contributed by atoms with E-state index in [0.717, 1.165) is 50.8 Å². The van der Waals surface area contributed by atoms with Gasteiger partial charge in [0.1, 0.15) is 5.82 Å². The van der Waals surface area contributed by atoms with Crippen molar-refractivity contribution in [3.63, 3.8) is 0 Å². The Morgan fingerprint density at radius 1 is 0.630 bits per heavy atom. The van der Waals surface area contributed by atoms with Gasteiger partial charge in [-0.25, -0.2) is 9.97 Å². The van der Waals surface area contributed by atoms with Crippen LogP contribution in [-0.4, -0.2) is 21.1 Å². The molecular formula is C41H29N5. The Hall–Kier alpha value is -6.20. The van der Waals surface area contributed by atoms with E-state index in [0.29, 0.717) is 12.4 Å². The molecule has 0 bridgehead atoms. The van der Waals surface area contributed by atoms with Gasteiger partial charge in [-0.1, -0.05) is 115 Å². The van der Waals surface area contributed by atoms with Crippen molar-refractivity contribution in [3.8, 4) is 39.7 Å². The van der Waals surface area contributed by atoms with Crippen molar-refractivity contribution >= 4 is 27.9 Å². The number of dihydropyridines is 1. The molecule has 9 rings (SSSR count). The number of aromatic nitrogens is 3. The molecule has 46 heavy (non-hydrogen) atoms. The Kier molecular flexibility index (Phi) is 6.13. The van der Waals surface area contributed by atoms with Crippen LogP contribution < -0.4 is 10.2 Å². The summed E-state index contributed by atoms with van der Waals surface area (Å²) in [6.45, 7) is 0.706. The number of anilines is 2. The van der Waals surface area contributed by atoms with Gasteiger partial charge in [0, 0.05) is 45.0 Å². The molecule has 5 aromatic carbocycles. The molecule has 2 aliphatic rings. The molecule has 1 N–H and O–H groups in total. The third-order valence-electron chi connectivity index (χ3n) is 8.82. The molecule has 5 nitrogen and oxygen atoms in total. The predicted octanol–water partition coefficient (Wildman–Crippen LogP) is 9.40. The minimum atomic E-state index is 0.693. The molecule has 2 aliphatic heterocycles. The molecule has 4 heterocycles. The van der Waals surface area contributed by atoms with Crippen molar-refractivity contribution in [2.24, 2.45) is 0 Å². The highest BCUT2D eigenvalue weighted by molar-refractivity contribution is 6.09. The minimum absolute atomic E-state index is 0.693. The molecule has 0 saturated carbocycles. The average molecular weight is 592 g/mol. The quantitative estimate of drug-likeness (QED) is 0.222. The zero-order valence-corrected chi connectivity index (χ0v) is 25.0. The third kappa shape index (κ3) is 4.17. The van der Waals surface area contributed by atoms with Crippen molar-refractivity contribution in [2.45, 2.75) is 0 Å². The molecule has 5 heteroatoms. The molecule has 0 atom stereocenters. The number of fused-ring (bicyclic) bond motifs is 6. The largest absolute Gasteiger partial charge is 0.385 e. The Bertz CT molecular complexity index is 2240. The number of nitrogens with one attached hydrogen (secondary N) is 1. The van der Waals surface area contributed by atoms with E-state index in [1.54, 1.807) is 0 Å². The first-order valence-corrected chi connectivity index (χ1v) is 15.6. The summed E-state index contributed by atoms with van der Waals surface area (Å²) < 4.78 is 2.35. The molecule has 0 saturated heterocycles. The second kappa shape index (κ2) is 10.8. The van der Waals surface area contributed by atoms with Gasteiger partial charge in [0.2, 0.25) is 0 Å². The molecule has 7 aromatic rings. The lowest BCUT2D eigenvalue weighted by Gasteiger charge is -2.31. The van der Waals surface area contributed by atoms with Gasteiger partial charge in [-0.15, -0.1) is 0 Å². The van der Waals surface area contributed by atoms with Gasteiger partial charge in [0.05, 0.1) is 34.8 Å². The average Bonchev–Trinajstić information content (AvgIpc) is 3.42. The van der Waals surface area contributed by atoms with Crippen LogP contribution in [0.3, 0.4) is 0 Å². The molecule has 218 valence electrons. The molecule has 0 amide bonds. The van der Waals surface area contributed by atoms with E-state index in [1.165, 1.54) is 22.2 Å². The van der Waals surface area contributed by atoms with Crippen LogP contribution in [0.2, 0.25) is 0 Å². The maximum atomic E-state index is 5.31. The highest BCUT2D eigenvalue weighted by atomic mass is 15.2. The van der Waals surface area contributed by atoms with Crippen LogP contribution in [0.25, 0.3) is 56.2 Å². The van der Waals surface area contributed by atoms with Gasteiger partial charge in [-0.2, -0.15) is 0 Å². The fourth-order valence-electron chi connectivity index (χ4n) is 6.83. The molecule has 0 radical (unpaired) electrons. The van der Waals surface area contributed by atoms with Crippen molar-refractivity contribution in [1.29, 1.82) is 0 Å². The van der Waals surface area contributed by atoms with E-state index in [4.69, 9.17) is 9.97 Å². The van der Waals surface area contributed by atoms with Gasteiger partial charge in [-0.05, 0) is 36.5 Å². The smallest absolute Gasteiger partial charge is 0.162 e. The van der Waals surface area contributed by atoms with Crippen LogP contribution in [-0.2, 0) is 0 Å². The van der Waals surface area contributed by atoms with Crippen LogP contribution >= 0.6 is 0 Å². The van der Waals surface area contributed by atoms with Crippen LogP contribution in [0.15, 0.2) is 164 Å². The molecule has 0 aliphatic carbocycles. The number of para-hydroxylation sites is 3. The van der Waals surface area contributed by atoms with Gasteiger partial charge < -0.3 is 10.2 Å². The number of nitrogens with zero attached hydrogens (tertiary/aromatic N) is 4. The van der Waals surface area contributed by atoms with E-state index in [-0.39, 0.29) is 0 Å². The normalized spacial score (nSPS) is 13.5. The Morgan fingerprint density at radius 2 is 1.30 bits per heavy atom. The van der Waals surface area contributed by atoms with Crippen molar-refractivity contribution in [1.82, 2.24) is 19.9 Å². The summed E-state index contributed by atoms with van der Waals surface area (Å²) in [4.78, 5) is 12.8. The Labute approximate surface area is 267 Å². The highest BCUT2D eigenvalue weighted by Crippen LogP contribution is 2.50. The summed E-state index contributed by atoms with van der Waals surface area (Å²) in [6.07, 6.45) is 4.29. The third-order valence-corrected chi connectivity index (χ3v) is 8.82. The fraction of sp³-hybridized carbons (Fsp3) is 0.0244. The van der Waals surface area contributed by atoms with Gasteiger partial charge in [0.15, 0.2) is 5.82 Å². The van der Waals surface area contributed by atoms with E-state index in [2.05, 4.69) is 148 Å². The fourth-order valence-corrected chi connectivity index (χ4v) is 6.83. The topological polar surface area (TPSA) is 46.0 Å². The van der Waals surface area contributed by atoms with Gasteiger partial charge >= 0.3 is 0 Å². The summed E-state index contributed by atoms with van der Waals surface area (Å²) in [7, 11) is 0.